The van der Waals surface area contributed by atoms with Gasteiger partial charge < -0.3 is 19.7 Å². The van der Waals surface area contributed by atoms with Gasteiger partial charge in [-0.15, -0.1) is 0 Å². The predicted octanol–water partition coefficient (Wildman–Crippen LogP) is 1.78. The first-order chi connectivity index (χ1) is 12.7. The van der Waals surface area contributed by atoms with Crippen molar-refractivity contribution in [2.24, 2.45) is 0 Å². The van der Waals surface area contributed by atoms with Gasteiger partial charge in [-0.1, -0.05) is 48.5 Å². The Balaban J connectivity index is 1.43. The van der Waals surface area contributed by atoms with Crippen LogP contribution in [0.4, 0.5) is 0 Å². The van der Waals surface area contributed by atoms with E-state index in [4.69, 9.17) is 9.47 Å². The van der Waals surface area contributed by atoms with E-state index in [9.17, 15) is 9.59 Å². The minimum absolute atomic E-state index is 0.0432. The van der Waals surface area contributed by atoms with Crippen molar-refractivity contribution >= 4 is 11.8 Å². The van der Waals surface area contributed by atoms with E-state index in [-0.39, 0.29) is 31.1 Å². The van der Waals surface area contributed by atoms with Gasteiger partial charge in [-0.25, -0.2) is 0 Å². The summed E-state index contributed by atoms with van der Waals surface area (Å²) in [6, 6.07) is 18.9. The van der Waals surface area contributed by atoms with Crippen LogP contribution in [0.3, 0.4) is 0 Å². The van der Waals surface area contributed by atoms with E-state index in [1.165, 1.54) is 0 Å². The Kier molecular flexibility index (Phi) is 6.22. The van der Waals surface area contributed by atoms with Crippen LogP contribution in [0.25, 0.3) is 0 Å². The molecule has 3 rings (SSSR count). The van der Waals surface area contributed by atoms with Gasteiger partial charge in [-0.05, 0) is 17.7 Å². The molecule has 2 aromatic rings. The van der Waals surface area contributed by atoms with Crippen molar-refractivity contribution in [1.29, 1.82) is 0 Å². The average molecular weight is 354 g/mol. The quantitative estimate of drug-likeness (QED) is 0.859. The second-order valence-corrected chi connectivity index (χ2v) is 5.99. The molecule has 136 valence electrons. The van der Waals surface area contributed by atoms with Crippen LogP contribution in [0.15, 0.2) is 60.7 Å². The lowest BCUT2D eigenvalue weighted by Crippen LogP contribution is -2.47. The number of nitrogens with one attached hydrogen (secondary N) is 1. The number of ether oxygens (including phenoxy) is 2. The van der Waals surface area contributed by atoms with E-state index in [0.29, 0.717) is 25.4 Å². The van der Waals surface area contributed by atoms with Gasteiger partial charge in [0.25, 0.3) is 5.91 Å². The molecule has 6 heteroatoms. The minimum atomic E-state index is -0.324. The summed E-state index contributed by atoms with van der Waals surface area (Å²) in [4.78, 5) is 25.9. The normalized spacial score (nSPS) is 16.8. The molecule has 0 aromatic heterocycles. The van der Waals surface area contributed by atoms with Crippen molar-refractivity contribution in [3.8, 4) is 5.75 Å². The maximum atomic E-state index is 12.4. The summed E-state index contributed by atoms with van der Waals surface area (Å²) in [5.41, 5.74) is 1.05. The average Bonchev–Trinajstić information content (AvgIpc) is 2.72. The van der Waals surface area contributed by atoms with E-state index >= 15 is 0 Å². The number of hydrogen-bond donors (Lipinski definition) is 1. The van der Waals surface area contributed by atoms with Crippen LogP contribution in [0.1, 0.15) is 11.7 Å². The second kappa shape index (κ2) is 9.01. The van der Waals surface area contributed by atoms with Crippen molar-refractivity contribution < 1.29 is 19.1 Å². The van der Waals surface area contributed by atoms with Gasteiger partial charge in [0, 0.05) is 6.54 Å². The van der Waals surface area contributed by atoms with Crippen molar-refractivity contribution in [3.05, 3.63) is 66.2 Å². The van der Waals surface area contributed by atoms with Crippen LogP contribution in [0.5, 0.6) is 5.75 Å². The summed E-state index contributed by atoms with van der Waals surface area (Å²) in [6.45, 7) is 1.33. The molecule has 0 bridgehead atoms. The lowest BCUT2D eigenvalue weighted by Gasteiger charge is -2.33. The van der Waals surface area contributed by atoms with Gasteiger partial charge in [-0.2, -0.15) is 0 Å². The van der Waals surface area contributed by atoms with Gasteiger partial charge in [0.1, 0.15) is 11.9 Å². The van der Waals surface area contributed by atoms with Crippen molar-refractivity contribution in [2.75, 3.05) is 32.8 Å². The zero-order valence-electron chi connectivity index (χ0n) is 14.5. The molecule has 1 saturated heterocycles. The van der Waals surface area contributed by atoms with Crippen LogP contribution >= 0.6 is 0 Å². The maximum Gasteiger partial charge on any atom is 0.258 e. The number of nitrogens with zero attached hydrogens (tertiary/aromatic N) is 1. The molecule has 6 nitrogen and oxygen atoms in total. The van der Waals surface area contributed by atoms with E-state index in [2.05, 4.69) is 5.32 Å². The number of para-hydroxylation sites is 1. The van der Waals surface area contributed by atoms with Crippen LogP contribution in [-0.2, 0) is 14.3 Å². The molecule has 0 spiro atoms. The van der Waals surface area contributed by atoms with Crippen molar-refractivity contribution in [2.45, 2.75) is 6.10 Å². The first kappa shape index (κ1) is 17.9. The molecular weight excluding hydrogens is 332 g/mol. The largest absolute Gasteiger partial charge is 0.484 e. The summed E-state index contributed by atoms with van der Waals surface area (Å²) in [6.07, 6.45) is -0.133. The standard InChI is InChI=1S/C20H22N2O4/c23-19(15-26-17-9-5-2-6-10-17)21-13-20(24)22-11-12-25-18(14-22)16-7-3-1-4-8-16/h1-10,18H,11-15H2,(H,21,23). The number of hydrogen-bond acceptors (Lipinski definition) is 4. The van der Waals surface area contributed by atoms with Crippen LogP contribution < -0.4 is 10.1 Å². The molecule has 1 N–H and O–H groups in total. The Hall–Kier alpha value is -2.86. The first-order valence-corrected chi connectivity index (χ1v) is 8.61. The number of morpholine rings is 1. The molecule has 2 aromatic carbocycles. The molecule has 1 unspecified atom stereocenters. The zero-order valence-corrected chi connectivity index (χ0v) is 14.5. The fourth-order valence-corrected chi connectivity index (χ4v) is 2.75. The van der Waals surface area contributed by atoms with Gasteiger partial charge in [0.15, 0.2) is 6.61 Å². The summed E-state index contributed by atoms with van der Waals surface area (Å²) >= 11 is 0. The number of benzene rings is 2. The third kappa shape index (κ3) is 5.07. The van der Waals surface area contributed by atoms with Gasteiger partial charge in [0.05, 0.1) is 19.7 Å². The Morgan fingerprint density at radius 2 is 1.77 bits per heavy atom. The Morgan fingerprint density at radius 3 is 2.50 bits per heavy atom. The molecule has 0 radical (unpaired) electrons. The van der Waals surface area contributed by atoms with Gasteiger partial charge in [0.2, 0.25) is 5.91 Å². The number of carbonyl (C=O) groups excluding carboxylic acids is 2. The fourth-order valence-electron chi connectivity index (χ4n) is 2.75. The minimum Gasteiger partial charge on any atom is -0.484 e. The van der Waals surface area contributed by atoms with Gasteiger partial charge >= 0.3 is 0 Å². The molecule has 0 aliphatic carbocycles. The number of rotatable bonds is 6. The van der Waals surface area contributed by atoms with E-state index in [1.807, 2.05) is 48.5 Å². The monoisotopic (exact) mass is 354 g/mol. The molecule has 2 amide bonds. The Bertz CT molecular complexity index is 721. The number of amides is 2. The third-order valence-electron chi connectivity index (χ3n) is 4.14. The third-order valence-corrected chi connectivity index (χ3v) is 4.14. The highest BCUT2D eigenvalue weighted by molar-refractivity contribution is 5.85. The molecule has 1 atom stereocenters. The SMILES string of the molecule is O=C(COc1ccccc1)NCC(=O)N1CCOC(c2ccccc2)C1. The van der Waals surface area contributed by atoms with Crippen LogP contribution in [0.2, 0.25) is 0 Å². The van der Waals surface area contributed by atoms with Crippen LogP contribution in [0, 0.1) is 0 Å². The number of carbonyl (C=O) groups is 2. The highest BCUT2D eigenvalue weighted by Gasteiger charge is 2.25. The van der Waals surface area contributed by atoms with E-state index in [0.717, 1.165) is 5.56 Å². The zero-order chi connectivity index (χ0) is 18.2. The molecule has 26 heavy (non-hydrogen) atoms. The second-order valence-electron chi connectivity index (χ2n) is 5.99. The molecular formula is C20H22N2O4. The summed E-state index contributed by atoms with van der Waals surface area (Å²) < 4.78 is 11.1. The summed E-state index contributed by atoms with van der Waals surface area (Å²) in [7, 11) is 0. The summed E-state index contributed by atoms with van der Waals surface area (Å²) in [5.74, 6) is 0.172. The van der Waals surface area contributed by atoms with Crippen molar-refractivity contribution in [3.63, 3.8) is 0 Å². The first-order valence-electron chi connectivity index (χ1n) is 8.61. The summed E-state index contributed by atoms with van der Waals surface area (Å²) in [5, 5.41) is 2.61. The van der Waals surface area contributed by atoms with Gasteiger partial charge in [-0.3, -0.25) is 9.59 Å². The molecule has 1 heterocycles. The van der Waals surface area contributed by atoms with Crippen LogP contribution in [-0.4, -0.2) is 49.6 Å². The maximum absolute atomic E-state index is 12.4. The Morgan fingerprint density at radius 1 is 1.08 bits per heavy atom. The lowest BCUT2D eigenvalue weighted by atomic mass is 10.1. The molecule has 1 fully saturated rings. The van der Waals surface area contributed by atoms with E-state index in [1.54, 1.807) is 17.0 Å². The fraction of sp³-hybridized carbons (Fsp3) is 0.300. The van der Waals surface area contributed by atoms with E-state index < -0.39 is 0 Å². The molecule has 0 saturated carbocycles. The highest BCUT2D eigenvalue weighted by Crippen LogP contribution is 2.21. The predicted molar refractivity (Wildman–Crippen MR) is 96.7 cm³/mol. The smallest absolute Gasteiger partial charge is 0.258 e. The molecule has 1 aliphatic rings. The topological polar surface area (TPSA) is 67.9 Å². The molecule has 1 aliphatic heterocycles. The lowest BCUT2D eigenvalue weighted by molar-refractivity contribution is -0.139. The Labute approximate surface area is 152 Å². The van der Waals surface area contributed by atoms with Crippen molar-refractivity contribution in [1.82, 2.24) is 10.2 Å². The highest BCUT2D eigenvalue weighted by atomic mass is 16.5.